The second-order valence-corrected chi connectivity index (χ2v) is 9.44. The van der Waals surface area contributed by atoms with Gasteiger partial charge in [-0.1, -0.05) is 28.9 Å². The number of rotatable bonds is 1. The molecular formula is C18H25B2BrN2O2. The summed E-state index contributed by atoms with van der Waals surface area (Å²) in [5.74, 6) is 0.487. The number of benzene rings is 1. The molecule has 7 heteroatoms. The number of fused-ring (bicyclic) bond motifs is 3. The van der Waals surface area contributed by atoms with Crippen LogP contribution >= 0.6 is 15.9 Å². The summed E-state index contributed by atoms with van der Waals surface area (Å²) in [5.41, 5.74) is 8.37. The summed E-state index contributed by atoms with van der Waals surface area (Å²) < 4.78 is 12.9. The van der Waals surface area contributed by atoms with Gasteiger partial charge in [0.05, 0.1) is 11.5 Å². The minimum atomic E-state index is -0.469. The van der Waals surface area contributed by atoms with E-state index in [1.54, 1.807) is 0 Å². The number of amidine groups is 1. The smallest absolute Gasteiger partial charge is 0.282 e. The second kappa shape index (κ2) is 5.53. The minimum Gasteiger partial charge on any atom is -0.475 e. The van der Waals surface area contributed by atoms with Crippen LogP contribution in [0, 0.1) is 11.3 Å². The van der Waals surface area contributed by atoms with E-state index in [9.17, 15) is 0 Å². The number of aliphatic imine (C=N–C) groups is 1. The SMILES string of the molecule is BC1(B)OC(N)=N[C@]12c1cc(Br)ccc1C[C@@]21CC[C@H](OC)[C@@H](C)C1. The fourth-order valence-corrected chi connectivity index (χ4v) is 6.37. The third kappa shape index (κ3) is 2.21. The first-order valence-corrected chi connectivity index (χ1v) is 9.90. The van der Waals surface area contributed by atoms with Crippen LogP contribution in [0.1, 0.15) is 37.3 Å². The van der Waals surface area contributed by atoms with E-state index in [1.165, 1.54) is 11.1 Å². The van der Waals surface area contributed by atoms with E-state index in [1.807, 2.05) is 7.11 Å². The topological polar surface area (TPSA) is 56.8 Å². The van der Waals surface area contributed by atoms with Crippen LogP contribution in [0.15, 0.2) is 27.7 Å². The highest BCUT2D eigenvalue weighted by atomic mass is 79.9. The van der Waals surface area contributed by atoms with Crippen LogP contribution in [-0.2, 0) is 21.4 Å². The number of ether oxygens (including phenoxy) is 2. The summed E-state index contributed by atoms with van der Waals surface area (Å²) in [6.45, 7) is 2.30. The van der Waals surface area contributed by atoms with E-state index in [4.69, 9.17) is 20.2 Å². The first kappa shape index (κ1) is 17.5. The third-order valence-corrected chi connectivity index (χ3v) is 7.32. The molecule has 25 heavy (non-hydrogen) atoms. The summed E-state index contributed by atoms with van der Waals surface area (Å²) in [7, 11) is 6.11. The molecule has 1 aromatic carbocycles. The fraction of sp³-hybridized carbons (Fsp3) is 0.611. The Morgan fingerprint density at radius 2 is 2.16 bits per heavy atom. The summed E-state index contributed by atoms with van der Waals surface area (Å²) in [6.07, 6.45) is 4.55. The number of halogens is 1. The lowest BCUT2D eigenvalue weighted by molar-refractivity contribution is -0.0559. The van der Waals surface area contributed by atoms with E-state index in [0.717, 1.165) is 30.2 Å². The molecule has 132 valence electrons. The summed E-state index contributed by atoms with van der Waals surface area (Å²) in [5, 5.41) is -0.469. The number of methoxy groups -OCH3 is 1. The van der Waals surface area contributed by atoms with E-state index in [-0.39, 0.29) is 5.41 Å². The van der Waals surface area contributed by atoms with Crippen LogP contribution in [-0.4, -0.2) is 40.3 Å². The summed E-state index contributed by atoms with van der Waals surface area (Å²) in [4.78, 5) is 5.03. The lowest BCUT2D eigenvalue weighted by Crippen LogP contribution is -2.60. The van der Waals surface area contributed by atoms with E-state index in [0.29, 0.717) is 18.0 Å². The molecule has 0 radical (unpaired) electrons. The maximum atomic E-state index is 6.13. The van der Waals surface area contributed by atoms with Crippen molar-refractivity contribution in [1.29, 1.82) is 0 Å². The van der Waals surface area contributed by atoms with Crippen molar-refractivity contribution in [2.24, 2.45) is 22.1 Å². The number of nitrogens with zero attached hydrogens (tertiary/aromatic N) is 1. The Morgan fingerprint density at radius 3 is 2.76 bits per heavy atom. The van der Waals surface area contributed by atoms with Crippen molar-refractivity contribution < 1.29 is 9.47 Å². The Morgan fingerprint density at radius 1 is 1.40 bits per heavy atom. The molecule has 0 unspecified atom stereocenters. The van der Waals surface area contributed by atoms with E-state index >= 15 is 0 Å². The third-order valence-electron chi connectivity index (χ3n) is 6.82. The molecule has 4 rings (SSSR count). The average Bonchev–Trinajstić information content (AvgIpc) is 2.93. The van der Waals surface area contributed by atoms with Crippen molar-refractivity contribution in [2.75, 3.05) is 7.11 Å². The predicted octanol–water partition coefficient (Wildman–Crippen LogP) is 1.29. The van der Waals surface area contributed by atoms with Gasteiger partial charge in [-0.05, 0) is 54.9 Å². The molecule has 2 aliphatic carbocycles. The highest BCUT2D eigenvalue weighted by Gasteiger charge is 2.68. The lowest BCUT2D eigenvalue weighted by Gasteiger charge is -2.53. The molecule has 0 amide bonds. The summed E-state index contributed by atoms with van der Waals surface area (Å²) >= 11 is 3.65. The molecule has 3 aliphatic rings. The largest absolute Gasteiger partial charge is 0.475 e. The normalized spacial score (nSPS) is 38.6. The molecule has 2 spiro atoms. The first-order chi connectivity index (χ1) is 11.7. The van der Waals surface area contributed by atoms with Crippen molar-refractivity contribution in [3.63, 3.8) is 0 Å². The maximum absolute atomic E-state index is 6.13. The molecule has 1 fully saturated rings. The van der Waals surface area contributed by atoms with Crippen molar-refractivity contribution in [3.05, 3.63) is 33.8 Å². The van der Waals surface area contributed by atoms with Crippen LogP contribution in [0.3, 0.4) is 0 Å². The van der Waals surface area contributed by atoms with Gasteiger partial charge in [-0.25, -0.2) is 4.99 Å². The van der Waals surface area contributed by atoms with Crippen LogP contribution in [0.5, 0.6) is 0 Å². The second-order valence-electron chi connectivity index (χ2n) is 8.53. The van der Waals surface area contributed by atoms with Gasteiger partial charge in [0.25, 0.3) is 6.02 Å². The van der Waals surface area contributed by atoms with Crippen molar-refractivity contribution in [3.8, 4) is 0 Å². The Balaban J connectivity index is 1.92. The van der Waals surface area contributed by atoms with Crippen LogP contribution in [0.25, 0.3) is 0 Å². The van der Waals surface area contributed by atoms with Gasteiger partial charge in [0.15, 0.2) is 15.7 Å². The Hall–Kier alpha value is -0.940. The van der Waals surface area contributed by atoms with Gasteiger partial charge in [0, 0.05) is 17.0 Å². The molecule has 1 aliphatic heterocycles. The zero-order valence-corrected chi connectivity index (χ0v) is 17.0. The molecule has 4 nitrogen and oxygen atoms in total. The highest BCUT2D eigenvalue weighted by Crippen LogP contribution is 2.65. The molecule has 1 aromatic rings. The van der Waals surface area contributed by atoms with Gasteiger partial charge < -0.3 is 15.2 Å². The Kier molecular flexibility index (Phi) is 3.86. The molecule has 0 bridgehead atoms. The summed E-state index contributed by atoms with van der Waals surface area (Å²) in [6, 6.07) is 6.91. The average molecular weight is 403 g/mol. The Bertz CT molecular complexity index is 757. The Labute approximate surface area is 159 Å². The zero-order valence-electron chi connectivity index (χ0n) is 15.4. The highest BCUT2D eigenvalue weighted by molar-refractivity contribution is 9.10. The molecule has 0 aromatic heterocycles. The standard InChI is InChI=1S/C18H25B2BrN2O2/c1-10-8-16(6-5-14(10)24-2)9-11-3-4-12(21)7-13(11)17(16)18(19,20)25-15(22)23-17/h3-4,7,10,14H,5-6,8-9,19-20H2,1-2H3,(H2,22,23)/t10-,14-,16-,17-/m0/s1. The predicted molar refractivity (Wildman–Crippen MR) is 108 cm³/mol. The first-order valence-electron chi connectivity index (χ1n) is 9.11. The van der Waals surface area contributed by atoms with Gasteiger partial charge in [-0.2, -0.15) is 0 Å². The molecule has 2 N–H and O–H groups in total. The quantitative estimate of drug-likeness (QED) is 0.720. The number of nitrogens with two attached hydrogens (primary N) is 1. The lowest BCUT2D eigenvalue weighted by atomic mass is 9.44. The van der Waals surface area contributed by atoms with E-state index in [2.05, 4.69) is 56.7 Å². The molecule has 1 saturated carbocycles. The van der Waals surface area contributed by atoms with Gasteiger partial charge in [-0.3, -0.25) is 0 Å². The molecule has 4 atom stereocenters. The molecular weight excluding hydrogens is 378 g/mol. The van der Waals surface area contributed by atoms with Crippen molar-refractivity contribution in [2.45, 2.75) is 49.6 Å². The van der Waals surface area contributed by atoms with Crippen LogP contribution in [0.2, 0.25) is 0 Å². The van der Waals surface area contributed by atoms with Crippen molar-refractivity contribution >= 4 is 37.6 Å². The van der Waals surface area contributed by atoms with Gasteiger partial charge in [0.2, 0.25) is 0 Å². The number of hydrogen-bond donors (Lipinski definition) is 1. The van der Waals surface area contributed by atoms with Crippen molar-refractivity contribution in [1.82, 2.24) is 0 Å². The van der Waals surface area contributed by atoms with Crippen LogP contribution in [0.4, 0.5) is 0 Å². The van der Waals surface area contributed by atoms with Crippen LogP contribution < -0.4 is 5.73 Å². The van der Waals surface area contributed by atoms with E-state index < -0.39 is 10.9 Å². The zero-order chi connectivity index (χ0) is 18.0. The molecule has 1 heterocycles. The van der Waals surface area contributed by atoms with Gasteiger partial charge >= 0.3 is 0 Å². The molecule has 0 saturated heterocycles. The minimum absolute atomic E-state index is 0.0230. The van der Waals surface area contributed by atoms with Gasteiger partial charge in [0.1, 0.15) is 5.54 Å². The fourth-order valence-electron chi connectivity index (χ4n) is 6.01. The van der Waals surface area contributed by atoms with Gasteiger partial charge in [-0.15, -0.1) is 0 Å². The maximum Gasteiger partial charge on any atom is 0.282 e. The monoisotopic (exact) mass is 402 g/mol. The number of hydrogen-bond acceptors (Lipinski definition) is 4.